The van der Waals surface area contributed by atoms with Crippen LogP contribution in [0.15, 0.2) is 77.7 Å². The molecule has 0 aliphatic heterocycles. The summed E-state index contributed by atoms with van der Waals surface area (Å²) in [6, 6.07) is 21.1. The highest BCUT2D eigenvalue weighted by Crippen LogP contribution is 2.33. The zero-order chi connectivity index (χ0) is 24.1. The molecule has 3 aromatic carbocycles. The molecule has 1 amide bonds. The normalized spacial score (nSPS) is 13.4. The molecule has 0 bridgehead atoms. The zero-order valence-corrected chi connectivity index (χ0v) is 20.0. The van der Waals surface area contributed by atoms with E-state index in [1.165, 1.54) is 12.1 Å². The molecule has 34 heavy (non-hydrogen) atoms. The number of carbonyl (C=O) groups excluding carboxylic acids is 1. The van der Waals surface area contributed by atoms with Crippen molar-refractivity contribution in [3.05, 3.63) is 89.5 Å². The molecule has 1 aliphatic carbocycles. The molecule has 1 fully saturated rings. The van der Waals surface area contributed by atoms with Gasteiger partial charge < -0.3 is 14.4 Å². The number of carbonyl (C=O) groups is 1. The lowest BCUT2D eigenvalue weighted by atomic mass is 10.1. The summed E-state index contributed by atoms with van der Waals surface area (Å²) in [5.41, 5.74) is 2.01. The van der Waals surface area contributed by atoms with Gasteiger partial charge in [-0.1, -0.05) is 36.4 Å². The van der Waals surface area contributed by atoms with Crippen LogP contribution >= 0.6 is 0 Å². The van der Waals surface area contributed by atoms with Crippen LogP contribution in [0.25, 0.3) is 0 Å². The molecule has 1 aliphatic rings. The summed E-state index contributed by atoms with van der Waals surface area (Å²) in [6.07, 6.45) is 1.82. The predicted octanol–water partition coefficient (Wildman–Crippen LogP) is 3.99. The Morgan fingerprint density at radius 3 is 2.41 bits per heavy atom. The fourth-order valence-corrected chi connectivity index (χ4v) is 4.82. The first-order valence-corrected chi connectivity index (χ1v) is 12.5. The number of benzene rings is 3. The Labute approximate surface area is 200 Å². The number of methoxy groups -OCH3 is 2. The molecule has 0 unspecified atom stereocenters. The van der Waals surface area contributed by atoms with Crippen molar-refractivity contribution >= 4 is 15.9 Å². The van der Waals surface area contributed by atoms with Gasteiger partial charge in [-0.2, -0.15) is 0 Å². The van der Waals surface area contributed by atoms with Gasteiger partial charge in [-0.15, -0.1) is 0 Å². The van der Waals surface area contributed by atoms with E-state index < -0.39 is 10.0 Å². The van der Waals surface area contributed by atoms with E-state index in [4.69, 9.17) is 9.47 Å². The molecular weight excluding hydrogens is 452 g/mol. The third-order valence-electron chi connectivity index (χ3n) is 5.78. The largest absolute Gasteiger partial charge is 0.497 e. The predicted molar refractivity (Wildman–Crippen MR) is 129 cm³/mol. The fraction of sp³-hybridized carbons (Fsp3) is 0.269. The molecule has 3 aromatic rings. The summed E-state index contributed by atoms with van der Waals surface area (Å²) in [5, 5.41) is 0. The van der Waals surface area contributed by atoms with Crippen LogP contribution in [-0.4, -0.2) is 39.5 Å². The van der Waals surface area contributed by atoms with Crippen LogP contribution < -0.4 is 14.2 Å². The monoisotopic (exact) mass is 480 g/mol. The molecule has 4 rings (SSSR count). The van der Waals surface area contributed by atoms with Crippen LogP contribution in [0.4, 0.5) is 0 Å². The molecule has 1 saturated carbocycles. The molecule has 178 valence electrons. The van der Waals surface area contributed by atoms with Gasteiger partial charge in [0.2, 0.25) is 10.0 Å². The van der Waals surface area contributed by atoms with Crippen LogP contribution in [0.2, 0.25) is 0 Å². The highest BCUT2D eigenvalue weighted by atomic mass is 32.2. The van der Waals surface area contributed by atoms with Gasteiger partial charge in [-0.25, -0.2) is 13.1 Å². The van der Waals surface area contributed by atoms with E-state index in [0.29, 0.717) is 23.6 Å². The maximum atomic E-state index is 13.5. The molecule has 0 heterocycles. The Kier molecular flexibility index (Phi) is 7.19. The van der Waals surface area contributed by atoms with Crippen molar-refractivity contribution in [1.82, 2.24) is 9.62 Å². The second-order valence-corrected chi connectivity index (χ2v) is 9.95. The first-order valence-electron chi connectivity index (χ1n) is 11.1. The number of hydrogen-bond acceptors (Lipinski definition) is 5. The Hall–Kier alpha value is -3.36. The van der Waals surface area contributed by atoms with Crippen molar-refractivity contribution in [1.29, 1.82) is 0 Å². The smallest absolute Gasteiger partial charge is 0.254 e. The van der Waals surface area contributed by atoms with Crippen molar-refractivity contribution in [2.45, 2.75) is 36.9 Å². The minimum Gasteiger partial charge on any atom is -0.497 e. The average Bonchev–Trinajstić information content (AvgIpc) is 3.71. The van der Waals surface area contributed by atoms with Crippen molar-refractivity contribution < 1.29 is 22.7 Å². The zero-order valence-electron chi connectivity index (χ0n) is 19.2. The number of hydrogen-bond donors (Lipinski definition) is 1. The summed E-state index contributed by atoms with van der Waals surface area (Å²) < 4.78 is 39.2. The minimum absolute atomic E-state index is 0.0592. The Morgan fingerprint density at radius 1 is 0.971 bits per heavy atom. The average molecular weight is 481 g/mol. The van der Waals surface area contributed by atoms with Gasteiger partial charge in [-0.05, 0) is 54.8 Å². The molecular formula is C26H28N2O5S. The molecule has 8 heteroatoms. The number of nitrogens with zero attached hydrogens (tertiary/aromatic N) is 1. The number of amides is 1. The highest BCUT2D eigenvalue weighted by Gasteiger charge is 2.34. The highest BCUT2D eigenvalue weighted by molar-refractivity contribution is 7.89. The molecule has 0 radical (unpaired) electrons. The second-order valence-electron chi connectivity index (χ2n) is 8.18. The van der Waals surface area contributed by atoms with Gasteiger partial charge >= 0.3 is 0 Å². The molecule has 0 saturated heterocycles. The van der Waals surface area contributed by atoms with E-state index in [1.54, 1.807) is 31.3 Å². The van der Waals surface area contributed by atoms with Gasteiger partial charge in [0.25, 0.3) is 5.91 Å². The topological polar surface area (TPSA) is 84.9 Å². The number of ether oxygens (including phenoxy) is 2. The summed E-state index contributed by atoms with van der Waals surface area (Å²) in [7, 11) is -0.602. The summed E-state index contributed by atoms with van der Waals surface area (Å²) in [4.78, 5) is 15.3. The van der Waals surface area contributed by atoms with Gasteiger partial charge in [0, 0.05) is 23.7 Å². The molecule has 7 nitrogen and oxygen atoms in total. The van der Waals surface area contributed by atoms with Crippen LogP contribution in [-0.2, 0) is 23.1 Å². The minimum atomic E-state index is -3.78. The van der Waals surface area contributed by atoms with E-state index in [0.717, 1.165) is 24.0 Å². The lowest BCUT2D eigenvalue weighted by molar-refractivity contribution is 0.0728. The SMILES string of the molecule is COc1ccc(OC)c(CN(C(=O)c2cccc(S(=O)(=O)NCc3ccccc3)c2)C2CC2)c1. The summed E-state index contributed by atoms with van der Waals surface area (Å²) in [6.45, 7) is 0.512. The van der Waals surface area contributed by atoms with Crippen molar-refractivity contribution in [3.8, 4) is 11.5 Å². The number of sulfonamides is 1. The van der Waals surface area contributed by atoms with E-state index in [2.05, 4.69) is 4.72 Å². The third-order valence-corrected chi connectivity index (χ3v) is 7.18. The number of nitrogens with one attached hydrogen (secondary N) is 1. The van der Waals surface area contributed by atoms with Crippen LogP contribution in [0.5, 0.6) is 11.5 Å². The maximum absolute atomic E-state index is 13.5. The van der Waals surface area contributed by atoms with Gasteiger partial charge in [0.1, 0.15) is 11.5 Å². The van der Waals surface area contributed by atoms with Crippen molar-refractivity contribution in [2.24, 2.45) is 0 Å². The Bertz CT molecular complexity index is 1260. The Balaban J connectivity index is 1.55. The molecule has 0 atom stereocenters. The van der Waals surface area contributed by atoms with Crippen LogP contribution in [0.1, 0.15) is 34.3 Å². The van der Waals surface area contributed by atoms with Crippen molar-refractivity contribution in [2.75, 3.05) is 14.2 Å². The van der Waals surface area contributed by atoms with Crippen LogP contribution in [0.3, 0.4) is 0 Å². The summed E-state index contributed by atoms with van der Waals surface area (Å²) >= 11 is 0. The fourth-order valence-electron chi connectivity index (χ4n) is 3.76. The van der Waals surface area contributed by atoms with E-state index >= 15 is 0 Å². The van der Waals surface area contributed by atoms with E-state index in [1.807, 2.05) is 48.5 Å². The van der Waals surface area contributed by atoms with Gasteiger partial charge in [0.05, 0.1) is 25.7 Å². The first-order chi connectivity index (χ1) is 16.4. The molecule has 0 spiro atoms. The van der Waals surface area contributed by atoms with Gasteiger partial charge in [0.15, 0.2) is 0 Å². The Morgan fingerprint density at radius 2 is 1.74 bits per heavy atom. The lowest BCUT2D eigenvalue weighted by Crippen LogP contribution is -2.33. The third kappa shape index (κ3) is 5.58. The van der Waals surface area contributed by atoms with Crippen LogP contribution in [0, 0.1) is 0 Å². The second kappa shape index (κ2) is 10.3. The van der Waals surface area contributed by atoms with Gasteiger partial charge in [-0.3, -0.25) is 4.79 Å². The molecule has 0 aromatic heterocycles. The quantitative estimate of drug-likeness (QED) is 0.474. The molecule has 1 N–H and O–H groups in total. The maximum Gasteiger partial charge on any atom is 0.254 e. The van der Waals surface area contributed by atoms with E-state index in [-0.39, 0.29) is 23.4 Å². The lowest BCUT2D eigenvalue weighted by Gasteiger charge is -2.24. The standard InChI is InChI=1S/C26H28N2O5S/c1-32-23-13-14-25(33-2)21(15-23)18-28(22-11-12-22)26(29)20-9-6-10-24(16-20)34(30,31)27-17-19-7-4-3-5-8-19/h3-10,13-16,22,27H,11-12,17-18H2,1-2H3. The number of rotatable bonds is 10. The summed E-state index contributed by atoms with van der Waals surface area (Å²) in [5.74, 6) is 1.13. The first kappa shape index (κ1) is 23.8. The van der Waals surface area contributed by atoms with E-state index in [9.17, 15) is 13.2 Å². The van der Waals surface area contributed by atoms with Crippen molar-refractivity contribution in [3.63, 3.8) is 0 Å².